The summed E-state index contributed by atoms with van der Waals surface area (Å²) in [6.45, 7) is 0. The Labute approximate surface area is 117 Å². The van der Waals surface area contributed by atoms with Crippen molar-refractivity contribution in [2.45, 2.75) is 31.7 Å². The zero-order valence-electron chi connectivity index (χ0n) is 9.96. The number of halogens is 2. The molecule has 96 valence electrons. The largest absolute Gasteiger partial charge is 0.349 e. The van der Waals surface area contributed by atoms with Gasteiger partial charge in [0.2, 0.25) is 0 Å². The predicted molar refractivity (Wildman–Crippen MR) is 73.2 cm³/mol. The molecule has 2 saturated carbocycles. The van der Waals surface area contributed by atoms with Gasteiger partial charge in [-0.3, -0.25) is 4.79 Å². The summed E-state index contributed by atoms with van der Waals surface area (Å²) < 4.78 is 0. The highest BCUT2D eigenvalue weighted by molar-refractivity contribution is 6.42. The van der Waals surface area contributed by atoms with Crippen molar-refractivity contribution in [2.24, 2.45) is 11.8 Å². The lowest BCUT2D eigenvalue weighted by Crippen LogP contribution is -2.38. The molecule has 0 aliphatic heterocycles. The molecule has 4 heteroatoms. The number of hydrogen-bond acceptors (Lipinski definition) is 1. The summed E-state index contributed by atoms with van der Waals surface area (Å²) in [4.78, 5) is 12.2. The molecule has 0 radical (unpaired) electrons. The molecule has 0 spiro atoms. The lowest BCUT2D eigenvalue weighted by molar-refractivity contribution is 0.0926. The van der Waals surface area contributed by atoms with Crippen LogP contribution in [0.2, 0.25) is 10.0 Å². The molecule has 2 aliphatic rings. The molecule has 0 saturated heterocycles. The maximum atomic E-state index is 12.2. The number of rotatable bonds is 4. The third-order valence-corrected chi connectivity index (χ3v) is 4.48. The average Bonchev–Trinajstić information content (AvgIpc) is 3.22. The third kappa shape index (κ3) is 2.65. The Balaban J connectivity index is 1.71. The average molecular weight is 284 g/mol. The van der Waals surface area contributed by atoms with Gasteiger partial charge < -0.3 is 5.32 Å². The van der Waals surface area contributed by atoms with Crippen LogP contribution in [0, 0.1) is 11.8 Å². The molecular formula is C14H15Cl2NO. The first kappa shape index (κ1) is 12.3. The van der Waals surface area contributed by atoms with Crippen LogP contribution in [0.1, 0.15) is 36.0 Å². The maximum Gasteiger partial charge on any atom is 0.251 e. The van der Waals surface area contributed by atoms with Crippen LogP contribution >= 0.6 is 23.2 Å². The van der Waals surface area contributed by atoms with Crippen molar-refractivity contribution in [1.29, 1.82) is 0 Å². The molecule has 2 nitrogen and oxygen atoms in total. The molecule has 0 heterocycles. The van der Waals surface area contributed by atoms with E-state index in [-0.39, 0.29) is 5.91 Å². The fraction of sp³-hybridized carbons (Fsp3) is 0.500. The number of amides is 1. The van der Waals surface area contributed by atoms with Crippen LogP contribution in [0.15, 0.2) is 18.2 Å². The third-order valence-electron chi connectivity index (χ3n) is 3.74. The second-order valence-electron chi connectivity index (χ2n) is 5.30. The number of nitrogens with one attached hydrogen (secondary N) is 1. The highest BCUT2D eigenvalue weighted by atomic mass is 35.5. The minimum absolute atomic E-state index is 0.0302. The lowest BCUT2D eigenvalue weighted by atomic mass is 10.1. The van der Waals surface area contributed by atoms with Gasteiger partial charge in [-0.05, 0) is 55.7 Å². The summed E-state index contributed by atoms with van der Waals surface area (Å²) in [5, 5.41) is 4.07. The molecule has 3 rings (SSSR count). The van der Waals surface area contributed by atoms with Gasteiger partial charge in [-0.15, -0.1) is 0 Å². The van der Waals surface area contributed by atoms with Crippen LogP contribution in [-0.4, -0.2) is 11.9 Å². The van der Waals surface area contributed by atoms with Gasteiger partial charge in [0.1, 0.15) is 0 Å². The Morgan fingerprint density at radius 2 is 1.72 bits per heavy atom. The molecular weight excluding hydrogens is 269 g/mol. The van der Waals surface area contributed by atoms with Crippen molar-refractivity contribution in [1.82, 2.24) is 5.32 Å². The molecule has 2 aliphatic carbocycles. The van der Waals surface area contributed by atoms with Crippen LogP contribution in [0.25, 0.3) is 0 Å². The maximum absolute atomic E-state index is 12.2. The van der Waals surface area contributed by atoms with Gasteiger partial charge in [-0.1, -0.05) is 23.2 Å². The quantitative estimate of drug-likeness (QED) is 0.892. The van der Waals surface area contributed by atoms with Crippen molar-refractivity contribution in [2.75, 3.05) is 0 Å². The van der Waals surface area contributed by atoms with Gasteiger partial charge in [0.25, 0.3) is 5.91 Å². The van der Waals surface area contributed by atoms with Crippen molar-refractivity contribution in [3.8, 4) is 0 Å². The first-order valence-electron chi connectivity index (χ1n) is 6.41. The topological polar surface area (TPSA) is 29.1 Å². The normalized spacial score (nSPS) is 19.1. The Bertz CT molecular complexity index is 469. The number of benzene rings is 1. The van der Waals surface area contributed by atoms with E-state index >= 15 is 0 Å². The molecule has 2 fully saturated rings. The van der Waals surface area contributed by atoms with E-state index in [1.807, 2.05) is 0 Å². The van der Waals surface area contributed by atoms with Gasteiger partial charge in [-0.2, -0.15) is 0 Å². The molecule has 1 aromatic carbocycles. The van der Waals surface area contributed by atoms with Crippen LogP contribution < -0.4 is 5.32 Å². The number of carbonyl (C=O) groups excluding carboxylic acids is 1. The second kappa shape index (κ2) is 4.75. The van der Waals surface area contributed by atoms with E-state index in [1.165, 1.54) is 25.7 Å². The monoisotopic (exact) mass is 283 g/mol. The Kier molecular flexibility index (Phi) is 3.25. The summed E-state index contributed by atoms with van der Waals surface area (Å²) in [5.74, 6) is 1.37. The van der Waals surface area contributed by atoms with Crippen molar-refractivity contribution in [3.05, 3.63) is 33.8 Å². The molecule has 18 heavy (non-hydrogen) atoms. The SMILES string of the molecule is O=C(NC(C1CC1)C1CC1)c1ccc(Cl)c(Cl)c1. The van der Waals surface area contributed by atoms with Gasteiger partial charge in [0.15, 0.2) is 0 Å². The fourth-order valence-electron chi connectivity index (χ4n) is 2.40. The molecule has 1 amide bonds. The van der Waals surface area contributed by atoms with Crippen molar-refractivity contribution in [3.63, 3.8) is 0 Å². The summed E-state index contributed by atoms with van der Waals surface area (Å²) in [6, 6.07) is 5.39. The second-order valence-corrected chi connectivity index (χ2v) is 6.12. The highest BCUT2D eigenvalue weighted by Crippen LogP contribution is 2.44. The van der Waals surface area contributed by atoms with Gasteiger partial charge in [-0.25, -0.2) is 0 Å². The zero-order valence-corrected chi connectivity index (χ0v) is 11.5. The number of hydrogen-bond donors (Lipinski definition) is 1. The van der Waals surface area contributed by atoms with Crippen LogP contribution in [0.5, 0.6) is 0 Å². The summed E-state index contributed by atoms with van der Waals surface area (Å²) in [7, 11) is 0. The van der Waals surface area contributed by atoms with Crippen molar-refractivity contribution < 1.29 is 4.79 Å². The molecule has 0 atom stereocenters. The van der Waals surface area contributed by atoms with E-state index in [9.17, 15) is 4.79 Å². The highest BCUT2D eigenvalue weighted by Gasteiger charge is 2.42. The predicted octanol–water partition coefficient (Wildman–Crippen LogP) is 3.91. The van der Waals surface area contributed by atoms with Gasteiger partial charge in [0, 0.05) is 11.6 Å². The van der Waals surface area contributed by atoms with E-state index in [4.69, 9.17) is 23.2 Å². The molecule has 0 unspecified atom stereocenters. The Hall–Kier alpha value is -0.730. The molecule has 1 N–H and O–H groups in total. The smallest absolute Gasteiger partial charge is 0.251 e. The Morgan fingerprint density at radius 1 is 1.11 bits per heavy atom. The molecule has 0 aromatic heterocycles. The van der Waals surface area contributed by atoms with Gasteiger partial charge >= 0.3 is 0 Å². The van der Waals surface area contributed by atoms with Crippen LogP contribution in [0.3, 0.4) is 0 Å². The Morgan fingerprint density at radius 3 is 2.22 bits per heavy atom. The molecule has 1 aromatic rings. The summed E-state index contributed by atoms with van der Waals surface area (Å²) in [5.41, 5.74) is 0.593. The summed E-state index contributed by atoms with van der Waals surface area (Å²) >= 11 is 11.8. The molecule has 0 bridgehead atoms. The zero-order chi connectivity index (χ0) is 12.7. The van der Waals surface area contributed by atoms with E-state index in [0.29, 0.717) is 33.5 Å². The lowest BCUT2D eigenvalue weighted by Gasteiger charge is -2.17. The first-order valence-corrected chi connectivity index (χ1v) is 7.16. The van der Waals surface area contributed by atoms with E-state index < -0.39 is 0 Å². The number of carbonyl (C=O) groups is 1. The fourth-order valence-corrected chi connectivity index (χ4v) is 2.70. The van der Waals surface area contributed by atoms with Crippen molar-refractivity contribution >= 4 is 29.1 Å². The first-order chi connectivity index (χ1) is 8.65. The van der Waals surface area contributed by atoms with Crippen LogP contribution in [0.4, 0.5) is 0 Å². The standard InChI is InChI=1S/C14H15Cl2NO/c15-11-6-5-10(7-12(11)16)14(18)17-13(8-1-2-8)9-3-4-9/h5-9,13H,1-4H2,(H,17,18). The van der Waals surface area contributed by atoms with Gasteiger partial charge in [0.05, 0.1) is 10.0 Å². The minimum Gasteiger partial charge on any atom is -0.349 e. The summed E-state index contributed by atoms with van der Waals surface area (Å²) in [6.07, 6.45) is 5.01. The van der Waals surface area contributed by atoms with Crippen LogP contribution in [-0.2, 0) is 0 Å². The minimum atomic E-state index is -0.0302. The van der Waals surface area contributed by atoms with E-state index in [0.717, 1.165) is 0 Å². The van der Waals surface area contributed by atoms with E-state index in [1.54, 1.807) is 18.2 Å². The van der Waals surface area contributed by atoms with E-state index in [2.05, 4.69) is 5.32 Å².